The van der Waals surface area contributed by atoms with Gasteiger partial charge in [0.15, 0.2) is 0 Å². The quantitative estimate of drug-likeness (QED) is 0.722. The first-order valence-electron chi connectivity index (χ1n) is 4.63. The molecule has 2 aromatic rings. The van der Waals surface area contributed by atoms with Crippen molar-refractivity contribution in [1.29, 1.82) is 0 Å². The molecule has 0 fully saturated rings. The average molecular weight is 361 g/mol. The molecule has 0 unspecified atom stereocenters. The number of benzene rings is 1. The second-order valence-electron chi connectivity index (χ2n) is 2.81. The Morgan fingerprint density at radius 1 is 1.07 bits per heavy atom. The third kappa shape index (κ3) is 2.44. The predicted molar refractivity (Wildman–Crippen MR) is 55.9 cm³/mol. The first-order valence-corrected chi connectivity index (χ1v) is 4.63. The number of nitrogens with zero attached hydrogens (tertiary/aromatic N) is 2. The van der Waals surface area contributed by atoms with Crippen molar-refractivity contribution >= 4 is 10.9 Å². The summed E-state index contributed by atoms with van der Waals surface area (Å²) >= 11 is 0. The first kappa shape index (κ1) is 13.4. The summed E-state index contributed by atoms with van der Waals surface area (Å²) in [6, 6.07) is 4.17. The zero-order chi connectivity index (χ0) is 9.84. The molecule has 0 aliphatic heterocycles. The van der Waals surface area contributed by atoms with Crippen LogP contribution in [0.1, 0.15) is 25.0 Å². The fourth-order valence-electron chi connectivity index (χ4n) is 1.26. The van der Waals surface area contributed by atoms with Crippen molar-refractivity contribution in [1.82, 2.24) is 10.2 Å². The van der Waals surface area contributed by atoms with E-state index in [9.17, 15) is 0 Å². The van der Waals surface area contributed by atoms with Gasteiger partial charge in [-0.2, -0.15) is 0 Å². The monoisotopic (exact) mass is 362 g/mol. The van der Waals surface area contributed by atoms with Gasteiger partial charge in [-0.3, -0.25) is 0 Å². The van der Waals surface area contributed by atoms with Crippen LogP contribution in [0.2, 0.25) is 0 Å². The smallest absolute Gasteiger partial charge is 0.0101 e. The first-order chi connectivity index (χ1) is 6.29. The molecule has 0 aliphatic rings. The van der Waals surface area contributed by atoms with Crippen molar-refractivity contribution in [2.45, 2.75) is 27.7 Å². The topological polar surface area (TPSA) is 27.0 Å². The number of aromatic nitrogens is 2. The molecule has 0 saturated heterocycles. The second kappa shape index (κ2) is 5.95. The molecule has 14 heavy (non-hydrogen) atoms. The number of rotatable bonds is 0. The van der Waals surface area contributed by atoms with Gasteiger partial charge in [-0.05, 0) is 24.8 Å². The minimum Gasteiger partial charge on any atom is -0.575 e. The molecule has 1 radical (unpaired) electrons. The minimum atomic E-state index is 0. The summed E-state index contributed by atoms with van der Waals surface area (Å²) < 4.78 is 0. The molecule has 1 aromatic carbocycles. The Balaban J connectivity index is 0.000000531. The van der Waals surface area contributed by atoms with Gasteiger partial charge in [0.05, 0.1) is 0 Å². The SMILES string of the molecule is CC.Cc1ccc(C)c2[n-]ncc12.[Re]. The fourth-order valence-corrected chi connectivity index (χ4v) is 1.26. The molecule has 0 bridgehead atoms. The van der Waals surface area contributed by atoms with E-state index in [0.717, 1.165) is 5.52 Å². The largest absolute Gasteiger partial charge is 0.575 e. The third-order valence-electron chi connectivity index (χ3n) is 1.98. The van der Waals surface area contributed by atoms with Gasteiger partial charge in [0.2, 0.25) is 0 Å². The Labute approximate surface area is 98.8 Å². The molecule has 77 valence electrons. The van der Waals surface area contributed by atoms with Crippen LogP contribution in [0.5, 0.6) is 0 Å². The molecule has 0 amide bonds. The van der Waals surface area contributed by atoms with Crippen molar-refractivity contribution in [2.24, 2.45) is 0 Å². The Hall–Kier alpha value is -0.648. The molecule has 0 N–H and O–H groups in total. The number of aryl methyl sites for hydroxylation is 2. The summed E-state index contributed by atoms with van der Waals surface area (Å²) in [7, 11) is 0. The molecule has 0 atom stereocenters. The Kier molecular flexibility index (Phi) is 5.68. The van der Waals surface area contributed by atoms with Crippen LogP contribution in [-0.2, 0) is 20.4 Å². The molecule has 2 nitrogen and oxygen atoms in total. The van der Waals surface area contributed by atoms with Gasteiger partial charge in [-0.15, -0.1) is 5.52 Å². The number of hydrogen-bond acceptors (Lipinski definition) is 1. The summed E-state index contributed by atoms with van der Waals surface area (Å²) in [6.07, 6.45) is 1.82. The summed E-state index contributed by atoms with van der Waals surface area (Å²) in [4.78, 5) is 0. The Bertz CT molecular complexity index is 357. The summed E-state index contributed by atoms with van der Waals surface area (Å²) in [5, 5.41) is 9.07. The van der Waals surface area contributed by atoms with Crippen molar-refractivity contribution in [2.75, 3.05) is 0 Å². The molecule has 0 saturated carbocycles. The normalized spacial score (nSPS) is 8.86. The standard InChI is InChI=1S/C9H9N2.C2H6.Re/c1-6-3-4-7(2)9-8(6)5-10-11-9;1-2;/h3-5H,1-2H3;1-2H3;/q-1;;. The van der Waals surface area contributed by atoms with Crippen LogP contribution >= 0.6 is 0 Å². The van der Waals surface area contributed by atoms with E-state index in [1.807, 2.05) is 20.0 Å². The molecule has 0 aliphatic carbocycles. The molecule has 1 aromatic heterocycles. The van der Waals surface area contributed by atoms with Crippen LogP contribution in [-0.4, -0.2) is 5.10 Å². The Morgan fingerprint density at radius 3 is 2.21 bits per heavy atom. The summed E-state index contributed by atoms with van der Waals surface area (Å²) in [5.74, 6) is 0. The minimum absolute atomic E-state index is 0. The second-order valence-corrected chi connectivity index (χ2v) is 2.81. The van der Waals surface area contributed by atoms with Crippen molar-refractivity contribution in [3.05, 3.63) is 29.5 Å². The van der Waals surface area contributed by atoms with E-state index >= 15 is 0 Å². The predicted octanol–water partition coefficient (Wildman–Crippen LogP) is 2.83. The van der Waals surface area contributed by atoms with E-state index in [-0.39, 0.29) is 20.4 Å². The molecule has 1 heterocycles. The van der Waals surface area contributed by atoms with Crippen LogP contribution < -0.4 is 5.10 Å². The van der Waals surface area contributed by atoms with Gasteiger partial charge in [0.25, 0.3) is 0 Å². The number of fused-ring (bicyclic) bond motifs is 1. The van der Waals surface area contributed by atoms with Crippen LogP contribution in [0.25, 0.3) is 10.9 Å². The van der Waals surface area contributed by atoms with E-state index in [1.54, 1.807) is 0 Å². The molecular formula is C11H15N2Re-. The van der Waals surface area contributed by atoms with E-state index in [1.165, 1.54) is 16.5 Å². The molecule has 3 heteroatoms. The van der Waals surface area contributed by atoms with Crippen LogP contribution in [0.3, 0.4) is 0 Å². The molecular weight excluding hydrogens is 346 g/mol. The molecule has 2 rings (SSSR count). The van der Waals surface area contributed by atoms with Crippen LogP contribution in [0, 0.1) is 13.8 Å². The van der Waals surface area contributed by atoms with E-state index < -0.39 is 0 Å². The van der Waals surface area contributed by atoms with Gasteiger partial charge in [0.1, 0.15) is 0 Å². The number of hydrogen-bond donors (Lipinski definition) is 0. The summed E-state index contributed by atoms with van der Waals surface area (Å²) in [6.45, 7) is 8.13. The van der Waals surface area contributed by atoms with Gasteiger partial charge in [0, 0.05) is 26.6 Å². The van der Waals surface area contributed by atoms with Crippen molar-refractivity contribution < 1.29 is 20.4 Å². The summed E-state index contributed by atoms with van der Waals surface area (Å²) in [5.41, 5.74) is 3.48. The third-order valence-corrected chi connectivity index (χ3v) is 1.98. The zero-order valence-corrected chi connectivity index (χ0v) is 11.7. The van der Waals surface area contributed by atoms with Gasteiger partial charge in [-0.1, -0.05) is 31.5 Å². The van der Waals surface area contributed by atoms with E-state index in [2.05, 4.69) is 36.2 Å². The van der Waals surface area contributed by atoms with Crippen LogP contribution in [0.4, 0.5) is 0 Å². The van der Waals surface area contributed by atoms with Crippen molar-refractivity contribution in [3.8, 4) is 0 Å². The van der Waals surface area contributed by atoms with E-state index in [0.29, 0.717) is 0 Å². The maximum atomic E-state index is 4.03. The van der Waals surface area contributed by atoms with Crippen LogP contribution in [0.15, 0.2) is 18.3 Å². The van der Waals surface area contributed by atoms with Gasteiger partial charge >= 0.3 is 0 Å². The maximum Gasteiger partial charge on any atom is 0.0101 e. The van der Waals surface area contributed by atoms with Gasteiger partial charge < -0.3 is 10.2 Å². The van der Waals surface area contributed by atoms with Crippen molar-refractivity contribution in [3.63, 3.8) is 0 Å². The fraction of sp³-hybridized carbons (Fsp3) is 0.364. The zero-order valence-electron chi connectivity index (χ0n) is 9.00. The van der Waals surface area contributed by atoms with Gasteiger partial charge in [-0.25, -0.2) is 0 Å². The van der Waals surface area contributed by atoms with E-state index in [4.69, 9.17) is 0 Å². The Morgan fingerprint density at radius 2 is 1.64 bits per heavy atom. The maximum absolute atomic E-state index is 4.03. The molecule has 0 spiro atoms. The average Bonchev–Trinajstić information content (AvgIpc) is 2.64.